The Labute approximate surface area is 401 Å². The molecule has 4 heterocycles. The van der Waals surface area contributed by atoms with Gasteiger partial charge in [-0.15, -0.1) is 0 Å². The Balaban J connectivity index is 1.71. The molecule has 0 spiro atoms. The van der Waals surface area contributed by atoms with Crippen molar-refractivity contribution in [1.29, 1.82) is 15.8 Å². The van der Waals surface area contributed by atoms with Crippen molar-refractivity contribution in [2.75, 3.05) is 0 Å². The fourth-order valence-electron chi connectivity index (χ4n) is 8.78. The number of nitrogens with zero attached hydrogens (tertiary/aromatic N) is 8. The summed E-state index contributed by atoms with van der Waals surface area (Å²) in [7, 11) is 0. The summed E-state index contributed by atoms with van der Waals surface area (Å²) < 4.78 is 254. The van der Waals surface area contributed by atoms with Gasteiger partial charge in [-0.2, -0.15) is 70.8 Å². The molecule has 4 aromatic heterocycles. The molecule has 3 aromatic carbocycles. The zero-order valence-corrected chi connectivity index (χ0v) is 35.4. The van der Waals surface area contributed by atoms with Crippen LogP contribution in [0.2, 0.25) is 0 Å². The maximum Gasteiger partial charge on any atom is 0.252 e. The molecule has 8 nitrogen and oxygen atoms in total. The minimum atomic E-state index is -2.71. The molecule has 0 N–H and O–H groups in total. The smallest absolute Gasteiger partial charge is 0.237 e. The average molecular weight is 1030 g/mol. The predicted molar refractivity (Wildman–Crippen MR) is 223 cm³/mol. The minimum absolute atomic E-state index is 0.474. The monoisotopic (exact) mass is 1030 g/mol. The van der Waals surface area contributed by atoms with Gasteiger partial charge in [0.1, 0.15) is 12.1 Å². The van der Waals surface area contributed by atoms with Gasteiger partial charge >= 0.3 is 0 Å². The molecule has 0 saturated heterocycles. The fourth-order valence-corrected chi connectivity index (χ4v) is 8.78. The largest absolute Gasteiger partial charge is 0.252 e. The van der Waals surface area contributed by atoms with E-state index in [0.29, 0.717) is 0 Å². The Hall–Kier alpha value is -9.94. The molecule has 0 aliphatic heterocycles. The van der Waals surface area contributed by atoms with E-state index in [1.165, 1.54) is 18.2 Å². The first-order valence-electron chi connectivity index (χ1n) is 20.0. The van der Waals surface area contributed by atoms with Gasteiger partial charge in [0, 0.05) is 39.0 Å². The minimum Gasteiger partial charge on any atom is -0.237 e. The second-order valence-electron chi connectivity index (χ2n) is 15.2. The van der Waals surface area contributed by atoms with Gasteiger partial charge in [-0.05, 0) is 27.8 Å². The predicted octanol–water partition coefficient (Wildman–Crippen LogP) is 12.4. The fraction of sp³-hybridized carbons (Fsp3) is 0. The molecule has 9 rings (SSSR count). The topological polar surface area (TPSA) is 127 Å². The highest BCUT2D eigenvalue weighted by Gasteiger charge is 2.47. The molecule has 2 aliphatic rings. The molecular weight excluding hydrogens is 1020 g/mol. The summed E-state index contributed by atoms with van der Waals surface area (Å²) in [5, 5.41) is 33.7. The van der Waals surface area contributed by atoms with Crippen molar-refractivity contribution in [3.05, 3.63) is 233 Å². The Kier molecular flexibility index (Phi) is 12.0. The summed E-state index contributed by atoms with van der Waals surface area (Å²) >= 11 is 0. The van der Waals surface area contributed by atoms with Crippen LogP contribution in [0.3, 0.4) is 0 Å². The van der Waals surface area contributed by atoms with Crippen LogP contribution in [0.25, 0.3) is 49.6 Å². The van der Waals surface area contributed by atoms with Crippen LogP contribution in [0.1, 0.15) is 66.8 Å². The zero-order chi connectivity index (χ0) is 53.5. The summed E-state index contributed by atoms with van der Waals surface area (Å²) in [6.07, 6.45) is 0. The zero-order valence-electron chi connectivity index (χ0n) is 35.4. The van der Waals surface area contributed by atoms with Crippen LogP contribution >= 0.6 is 0 Å². The standard InChI is InChI=1S/C50H10F16N8/c1-70-42-21(16-10-6-3-7-11-16)27(29(32-38(55)47(63)73-48(64)39(32)56)33-40(57)49(65)74-50(66)41(33)58)24-19(14-69)23-22(18(13-68)25(24)42)17(12-67)20(15-8-4-2-5-9-15)26(23)28(30-34(51)43(59)71-44(60)35(30)52)31-36(53)45(61)72-46(62)37(31)54/h2-11H. The lowest BCUT2D eigenvalue weighted by Crippen LogP contribution is -2.14. The third-order valence-corrected chi connectivity index (χ3v) is 11.5. The average Bonchev–Trinajstić information content (AvgIpc) is 3.91. The number of aromatic nitrogens is 4. The second kappa shape index (κ2) is 18.0. The molecule has 0 radical (unpaired) electrons. The molecule has 0 bridgehead atoms. The SMILES string of the molecule is [C-]#[N+]C1=C(c2ccccc2)C(=C(c2c(F)c(F)nc(F)c2F)c2c(F)c(F)nc(F)c2F)c2c(C#N)c3c(c(C#N)c21)C(C#N)=C(c1ccccc1)C3=C(c1c(F)c(F)nc(F)c1F)c1c(F)c(F)nc(F)c1F. The van der Waals surface area contributed by atoms with Crippen LogP contribution in [-0.4, -0.2) is 19.9 Å². The number of allylic oxidation sites excluding steroid dienone is 5. The van der Waals surface area contributed by atoms with Gasteiger partial charge in [-0.1, -0.05) is 60.7 Å². The third kappa shape index (κ3) is 6.98. The van der Waals surface area contributed by atoms with Crippen molar-refractivity contribution in [2.45, 2.75) is 0 Å². The normalized spacial score (nSPS) is 12.6. The molecule has 362 valence electrons. The van der Waals surface area contributed by atoms with Gasteiger partial charge in [0.05, 0.1) is 51.6 Å². The number of hydrogen-bond acceptors (Lipinski definition) is 7. The lowest BCUT2D eigenvalue weighted by Gasteiger charge is -2.23. The van der Waals surface area contributed by atoms with E-state index in [9.17, 15) is 15.8 Å². The molecule has 0 saturated carbocycles. The molecule has 0 fully saturated rings. The number of rotatable bonds is 6. The molecular formula is C50H10F16N8. The Morgan fingerprint density at radius 2 is 0.662 bits per heavy atom. The number of pyridine rings is 4. The molecule has 0 atom stereocenters. The highest BCUT2D eigenvalue weighted by molar-refractivity contribution is 6.36. The summed E-state index contributed by atoms with van der Waals surface area (Å²) in [4.78, 5) is 12.9. The Bertz CT molecular complexity index is 3590. The molecule has 2 aliphatic carbocycles. The summed E-state index contributed by atoms with van der Waals surface area (Å²) in [5.41, 5.74) is -28.9. The summed E-state index contributed by atoms with van der Waals surface area (Å²) in [5.74, 6) is -42.7. The van der Waals surface area contributed by atoms with Gasteiger partial charge in [-0.3, -0.25) is 0 Å². The maximum atomic E-state index is 16.4. The van der Waals surface area contributed by atoms with Crippen LogP contribution in [0.5, 0.6) is 0 Å². The number of fused-ring (bicyclic) bond motifs is 2. The van der Waals surface area contributed by atoms with Gasteiger partial charge in [-0.25, -0.2) is 40.0 Å². The van der Waals surface area contributed by atoms with Crippen LogP contribution in [0.4, 0.5) is 70.2 Å². The van der Waals surface area contributed by atoms with E-state index in [1.807, 2.05) is 0 Å². The van der Waals surface area contributed by atoms with Crippen molar-refractivity contribution in [2.24, 2.45) is 0 Å². The molecule has 0 unspecified atom stereocenters. The van der Waals surface area contributed by atoms with Crippen molar-refractivity contribution in [3.63, 3.8) is 0 Å². The second-order valence-corrected chi connectivity index (χ2v) is 15.2. The van der Waals surface area contributed by atoms with E-state index >= 15 is 70.2 Å². The Morgan fingerprint density at radius 1 is 0.378 bits per heavy atom. The first-order valence-corrected chi connectivity index (χ1v) is 20.0. The van der Waals surface area contributed by atoms with E-state index in [-0.39, 0.29) is 0 Å². The van der Waals surface area contributed by atoms with Crippen LogP contribution < -0.4 is 0 Å². The highest BCUT2D eigenvalue weighted by Crippen LogP contribution is 2.61. The molecule has 24 heteroatoms. The highest BCUT2D eigenvalue weighted by atomic mass is 19.2. The van der Waals surface area contributed by atoms with Crippen LogP contribution in [-0.2, 0) is 0 Å². The Morgan fingerprint density at radius 3 is 0.959 bits per heavy atom. The molecule has 0 amide bonds. The number of nitriles is 3. The van der Waals surface area contributed by atoms with E-state index in [1.54, 1.807) is 12.1 Å². The van der Waals surface area contributed by atoms with E-state index in [0.717, 1.165) is 48.5 Å². The van der Waals surface area contributed by atoms with Gasteiger partial charge in [0.25, 0.3) is 47.6 Å². The van der Waals surface area contributed by atoms with Crippen LogP contribution in [0, 0.1) is 135 Å². The number of benzene rings is 3. The molecule has 74 heavy (non-hydrogen) atoms. The van der Waals surface area contributed by atoms with E-state index < -0.39 is 206 Å². The lowest BCUT2D eigenvalue weighted by molar-refractivity contribution is 0.398. The van der Waals surface area contributed by atoms with E-state index in [2.05, 4.69) is 24.8 Å². The quantitative estimate of drug-likeness (QED) is 0.0922. The van der Waals surface area contributed by atoms with Crippen molar-refractivity contribution in [1.82, 2.24) is 19.9 Å². The van der Waals surface area contributed by atoms with Gasteiger partial charge in [0.15, 0.2) is 46.5 Å². The number of hydrogen-bond donors (Lipinski definition) is 0. The third-order valence-electron chi connectivity index (χ3n) is 11.5. The summed E-state index contributed by atoms with van der Waals surface area (Å²) in [6.45, 7) is 8.42. The van der Waals surface area contributed by atoms with Crippen molar-refractivity contribution < 1.29 is 70.2 Å². The molecule has 7 aromatic rings. The van der Waals surface area contributed by atoms with Crippen molar-refractivity contribution >= 4 is 44.7 Å². The van der Waals surface area contributed by atoms with Gasteiger partial charge in [0.2, 0.25) is 5.70 Å². The lowest BCUT2D eigenvalue weighted by atomic mass is 9.79. The van der Waals surface area contributed by atoms with Crippen molar-refractivity contribution in [3.8, 4) is 18.2 Å². The maximum absolute atomic E-state index is 16.4. The van der Waals surface area contributed by atoms with Gasteiger partial charge < -0.3 is 0 Å². The summed E-state index contributed by atoms with van der Waals surface area (Å²) in [6, 6.07) is 15.9. The first-order chi connectivity index (χ1) is 35.3. The number of halogens is 16. The first kappa shape index (κ1) is 49.1. The van der Waals surface area contributed by atoms with Crippen LogP contribution in [0.15, 0.2) is 60.7 Å². The van der Waals surface area contributed by atoms with E-state index in [4.69, 9.17) is 6.57 Å².